The molecule has 0 aliphatic heterocycles. The van der Waals surface area contributed by atoms with Gasteiger partial charge in [-0.05, 0) is 103 Å². The van der Waals surface area contributed by atoms with Gasteiger partial charge >= 0.3 is 25.7 Å². The second-order valence-corrected chi connectivity index (χ2v) is 20.5. The summed E-state index contributed by atoms with van der Waals surface area (Å²) in [5.41, 5.74) is 0. The van der Waals surface area contributed by atoms with Gasteiger partial charge in [0, 0.05) is 12.8 Å². The highest BCUT2D eigenvalue weighted by Crippen LogP contribution is 2.43. The molecule has 2 N–H and O–H groups in total. The molecule has 0 radical (unpaired) electrons. The van der Waals surface area contributed by atoms with Crippen molar-refractivity contribution < 1.29 is 52.2 Å². The average molecular weight is 1060 g/mol. The summed E-state index contributed by atoms with van der Waals surface area (Å²) in [6.45, 7) is 4.37. The van der Waals surface area contributed by atoms with Gasteiger partial charge in [0.25, 0.3) is 0 Å². The summed E-state index contributed by atoms with van der Waals surface area (Å²) in [5.74, 6) is -1.64. The minimum Gasteiger partial charge on any atom is -0.461 e. The van der Waals surface area contributed by atoms with Gasteiger partial charge in [-0.15, -0.1) is 0 Å². The molecular weight excluding hydrogens is 952 g/mol. The molecule has 0 aromatic carbocycles. The topological polar surface area (TPSA) is 155 Å². The molecule has 0 aliphatic carbocycles. The minimum atomic E-state index is -4.78. The Morgan fingerprint density at radius 1 is 0.405 bits per heavy atom. The van der Waals surface area contributed by atoms with E-state index in [1.165, 1.54) is 77.0 Å². The molecule has 12 heteroatoms. The first kappa shape index (κ1) is 70.4. The number of allylic oxidation sites excluding steroid dienone is 15. The van der Waals surface area contributed by atoms with Crippen LogP contribution in [0, 0.1) is 0 Å². The molecular formula is C62H105O11P. The van der Waals surface area contributed by atoms with Crippen molar-refractivity contribution in [3.63, 3.8) is 0 Å². The van der Waals surface area contributed by atoms with E-state index in [0.29, 0.717) is 19.3 Å². The maximum absolute atomic E-state index is 12.9. The fourth-order valence-electron chi connectivity index (χ4n) is 7.57. The van der Waals surface area contributed by atoms with Crippen LogP contribution in [-0.4, -0.2) is 66.5 Å². The Morgan fingerprint density at radius 3 is 1.19 bits per heavy atom. The highest BCUT2D eigenvalue weighted by molar-refractivity contribution is 7.47. The Labute approximate surface area is 451 Å². The highest BCUT2D eigenvalue weighted by Gasteiger charge is 2.28. The molecule has 0 bridgehead atoms. The molecule has 0 heterocycles. The van der Waals surface area contributed by atoms with Crippen molar-refractivity contribution in [2.45, 2.75) is 251 Å². The van der Waals surface area contributed by atoms with Crippen LogP contribution in [0.4, 0.5) is 0 Å². The molecule has 3 unspecified atom stereocenters. The molecule has 0 fully saturated rings. The molecule has 0 aromatic rings. The number of aliphatic hydroxyl groups excluding tert-OH is 1. The van der Waals surface area contributed by atoms with Crippen LogP contribution >= 0.6 is 7.82 Å². The number of rotatable bonds is 53. The lowest BCUT2D eigenvalue weighted by Gasteiger charge is -2.21. The number of carbonyl (C=O) groups is 3. The molecule has 424 valence electrons. The van der Waals surface area contributed by atoms with Gasteiger partial charge in [-0.1, -0.05) is 214 Å². The summed E-state index contributed by atoms with van der Waals surface area (Å²) in [6.07, 6.45) is 65.3. The van der Waals surface area contributed by atoms with Gasteiger partial charge in [-0.2, -0.15) is 0 Å². The smallest absolute Gasteiger partial charge is 0.461 e. The summed E-state index contributed by atoms with van der Waals surface area (Å²) in [4.78, 5) is 48.5. The predicted octanol–water partition coefficient (Wildman–Crippen LogP) is 17.3. The lowest BCUT2D eigenvalue weighted by Crippen LogP contribution is -2.30. The third-order valence-electron chi connectivity index (χ3n) is 12.0. The third kappa shape index (κ3) is 53.2. The monoisotopic (exact) mass is 1060 g/mol. The number of ether oxygens (including phenoxy) is 3. The maximum atomic E-state index is 12.9. The van der Waals surface area contributed by atoms with E-state index in [2.05, 4.69) is 99.8 Å². The highest BCUT2D eigenvalue weighted by atomic mass is 31.2. The van der Waals surface area contributed by atoms with Gasteiger partial charge in [0.05, 0.1) is 26.2 Å². The molecule has 0 rings (SSSR count). The van der Waals surface area contributed by atoms with E-state index >= 15 is 0 Å². The number of carbonyl (C=O) groups excluding carboxylic acids is 3. The molecule has 74 heavy (non-hydrogen) atoms. The first-order chi connectivity index (χ1) is 36.2. The largest absolute Gasteiger partial charge is 0.472 e. The summed E-state index contributed by atoms with van der Waals surface area (Å²) in [7, 11) is -4.78. The second-order valence-electron chi connectivity index (χ2n) is 19.1. The lowest BCUT2D eigenvalue weighted by atomic mass is 10.1. The molecule has 0 amide bonds. The van der Waals surface area contributed by atoms with Gasteiger partial charge in [0.15, 0.2) is 6.10 Å². The zero-order valence-electron chi connectivity index (χ0n) is 46.8. The van der Waals surface area contributed by atoms with Crippen LogP contribution in [-0.2, 0) is 42.2 Å². The van der Waals surface area contributed by atoms with Gasteiger partial charge < -0.3 is 24.2 Å². The first-order valence-electron chi connectivity index (χ1n) is 29.1. The normalized spacial score (nSPS) is 14.1. The van der Waals surface area contributed by atoms with E-state index in [-0.39, 0.29) is 19.3 Å². The number of unbranched alkanes of at least 4 members (excludes halogenated alkanes) is 21. The van der Waals surface area contributed by atoms with E-state index < -0.39 is 64.4 Å². The second kappa shape index (κ2) is 55.6. The van der Waals surface area contributed by atoms with Crippen LogP contribution < -0.4 is 0 Å². The predicted molar refractivity (Wildman–Crippen MR) is 307 cm³/mol. The number of phosphoric ester groups is 1. The number of hydrogen-bond donors (Lipinski definition) is 2. The Kier molecular flexibility index (Phi) is 52.9. The first-order valence-corrected chi connectivity index (χ1v) is 30.6. The van der Waals surface area contributed by atoms with Crippen molar-refractivity contribution in [1.29, 1.82) is 0 Å². The van der Waals surface area contributed by atoms with Crippen molar-refractivity contribution in [3.05, 3.63) is 97.2 Å². The number of phosphoric acid groups is 1. The van der Waals surface area contributed by atoms with E-state index in [9.17, 15) is 28.9 Å². The number of hydrogen-bond acceptors (Lipinski definition) is 10. The fourth-order valence-corrected chi connectivity index (χ4v) is 8.36. The van der Waals surface area contributed by atoms with Crippen LogP contribution in [0.15, 0.2) is 97.2 Å². The summed E-state index contributed by atoms with van der Waals surface area (Å²) >= 11 is 0. The third-order valence-corrected chi connectivity index (χ3v) is 12.9. The number of aliphatic hydroxyl groups is 1. The minimum absolute atomic E-state index is 0.0112. The zero-order chi connectivity index (χ0) is 54.1. The van der Waals surface area contributed by atoms with Crippen molar-refractivity contribution in [2.24, 2.45) is 0 Å². The quantitative estimate of drug-likeness (QED) is 0.0197. The van der Waals surface area contributed by atoms with Crippen LogP contribution in [0.1, 0.15) is 239 Å². The van der Waals surface area contributed by atoms with Crippen LogP contribution in [0.5, 0.6) is 0 Å². The fraction of sp³-hybridized carbons (Fsp3) is 0.694. The van der Waals surface area contributed by atoms with E-state index in [0.717, 1.165) is 103 Å². The molecule has 3 atom stereocenters. The van der Waals surface area contributed by atoms with Crippen molar-refractivity contribution in [3.8, 4) is 0 Å². The van der Waals surface area contributed by atoms with Crippen LogP contribution in [0.3, 0.4) is 0 Å². The molecule has 11 nitrogen and oxygen atoms in total. The van der Waals surface area contributed by atoms with E-state index in [1.807, 2.05) is 12.2 Å². The Bertz CT molecular complexity index is 1610. The zero-order valence-corrected chi connectivity index (χ0v) is 47.7. The Morgan fingerprint density at radius 2 is 0.743 bits per heavy atom. The standard InChI is InChI=1S/C62H105O11P/c1-4-7-10-13-16-19-22-25-28-29-32-35-38-41-44-47-50-53-62(66)73-59(55-69-60(64)51-48-45-42-39-36-33-30-26-23-20-17-14-11-8-5-2)57-71-74(67,68)70-56-58(54-63)72-61(65)52-49-46-43-40-37-34-31-27-24-21-18-15-12-9-6-3/h8,11,16-17,19-20,25-28,30-31,36,39,45,48,58-59,63H,4-7,9-10,12-15,18,21-24,29,32-35,37-38,40-44,46-47,49-57H2,1-3H3,(H,67,68)/b11-8-,19-16-,20-17-,28-25-,30-26-,31-27-,39-36-,48-45-. The van der Waals surface area contributed by atoms with Crippen molar-refractivity contribution in [1.82, 2.24) is 0 Å². The van der Waals surface area contributed by atoms with Gasteiger partial charge in [0.1, 0.15) is 12.7 Å². The molecule has 0 saturated carbocycles. The summed E-state index contributed by atoms with van der Waals surface area (Å²) in [5, 5.41) is 9.81. The number of esters is 3. The molecule has 0 aromatic heterocycles. The van der Waals surface area contributed by atoms with Crippen molar-refractivity contribution in [2.75, 3.05) is 26.4 Å². The van der Waals surface area contributed by atoms with Gasteiger partial charge in [-0.3, -0.25) is 23.4 Å². The van der Waals surface area contributed by atoms with Crippen molar-refractivity contribution >= 4 is 25.7 Å². The summed E-state index contributed by atoms with van der Waals surface area (Å²) < 4.78 is 39.4. The molecule has 0 aliphatic rings. The Balaban J connectivity index is 4.84. The van der Waals surface area contributed by atoms with Crippen LogP contribution in [0.25, 0.3) is 0 Å². The van der Waals surface area contributed by atoms with Gasteiger partial charge in [0.2, 0.25) is 0 Å². The maximum Gasteiger partial charge on any atom is 0.472 e. The Hall–Kier alpha value is -3.60. The van der Waals surface area contributed by atoms with Gasteiger partial charge in [-0.25, -0.2) is 4.57 Å². The molecule has 0 spiro atoms. The SMILES string of the molecule is CC/C=C\C/C=C\C/C=C\C/C=C\C/C=C\CC(=O)OCC(COP(=O)(O)OCC(CO)OC(=O)CCCCCCC/C=C\CCCCCCCC)OC(=O)CCCCCCCCC/C=C\C/C=C\CCCCC. The van der Waals surface area contributed by atoms with Crippen LogP contribution in [0.2, 0.25) is 0 Å². The summed E-state index contributed by atoms with van der Waals surface area (Å²) in [6, 6.07) is 0. The van der Waals surface area contributed by atoms with E-state index in [4.69, 9.17) is 23.3 Å². The molecule has 0 saturated heterocycles. The van der Waals surface area contributed by atoms with E-state index in [1.54, 1.807) is 6.08 Å². The average Bonchev–Trinajstić information content (AvgIpc) is 3.39. The lowest BCUT2D eigenvalue weighted by molar-refractivity contribution is -0.161.